The molecule has 27 heavy (non-hydrogen) atoms. The van der Waals surface area contributed by atoms with Gasteiger partial charge in [0, 0.05) is 20.0 Å². The molecule has 0 radical (unpaired) electrons. The molecule has 0 heterocycles. The van der Waals surface area contributed by atoms with Gasteiger partial charge in [0.1, 0.15) is 0 Å². The number of esters is 2. The maximum atomic E-state index is 11.0. The second-order valence-corrected chi connectivity index (χ2v) is 7.33. The van der Waals surface area contributed by atoms with Crippen molar-refractivity contribution in [3.8, 4) is 0 Å². The molecule has 0 aromatic heterocycles. The van der Waals surface area contributed by atoms with Gasteiger partial charge in [-0.05, 0) is 25.7 Å². The first kappa shape index (κ1) is 25.9. The Balaban J connectivity index is 3.39. The quantitative estimate of drug-likeness (QED) is 0.214. The lowest BCUT2D eigenvalue weighted by molar-refractivity contribution is -0.141. The molecule has 0 aliphatic rings. The van der Waals surface area contributed by atoms with Crippen molar-refractivity contribution in [2.75, 3.05) is 21.3 Å². The Hall–Kier alpha value is -1.10. The Labute approximate surface area is 166 Å². The van der Waals surface area contributed by atoms with Gasteiger partial charge in [-0.25, -0.2) is 0 Å². The molecule has 0 bridgehead atoms. The summed E-state index contributed by atoms with van der Waals surface area (Å²) in [6.45, 7) is 0. The van der Waals surface area contributed by atoms with Gasteiger partial charge in [-0.3, -0.25) is 9.59 Å². The van der Waals surface area contributed by atoms with E-state index in [1.54, 1.807) is 0 Å². The molecule has 0 aromatic carbocycles. The second-order valence-electron chi connectivity index (χ2n) is 7.33. The highest BCUT2D eigenvalue weighted by Crippen LogP contribution is 2.16. The van der Waals surface area contributed by atoms with Crippen molar-refractivity contribution in [2.45, 2.75) is 109 Å². The van der Waals surface area contributed by atoms with Crippen molar-refractivity contribution in [1.82, 2.24) is 0 Å². The molecular formula is C22H42O5. The van der Waals surface area contributed by atoms with Crippen LogP contribution in [0.25, 0.3) is 0 Å². The summed E-state index contributed by atoms with van der Waals surface area (Å²) in [6, 6.07) is 0. The third kappa shape index (κ3) is 18.0. The third-order valence-corrected chi connectivity index (χ3v) is 5.10. The van der Waals surface area contributed by atoms with Crippen LogP contribution in [0.3, 0.4) is 0 Å². The van der Waals surface area contributed by atoms with Crippen molar-refractivity contribution in [1.29, 1.82) is 0 Å². The SMILES string of the molecule is COC(=O)CCCCCCCCC(CCCCCCCCC(=O)OC)OC. The minimum atomic E-state index is -0.0980. The van der Waals surface area contributed by atoms with Crippen LogP contribution in [0, 0.1) is 0 Å². The summed E-state index contributed by atoms with van der Waals surface area (Å²) in [7, 11) is 4.72. The fraction of sp³-hybridized carbons (Fsp3) is 0.909. The zero-order valence-electron chi connectivity index (χ0n) is 17.9. The minimum absolute atomic E-state index is 0.0980. The maximum absolute atomic E-state index is 11.0. The standard InChI is InChI=1S/C22H42O5/c1-25-20(16-12-8-4-6-10-14-18-21(23)26-2)17-13-9-5-7-11-15-19-22(24)27-3/h20H,4-19H2,1-3H3. The lowest BCUT2D eigenvalue weighted by Gasteiger charge is -2.15. The van der Waals surface area contributed by atoms with Crippen LogP contribution in [-0.4, -0.2) is 39.4 Å². The van der Waals surface area contributed by atoms with E-state index in [1.165, 1.54) is 65.6 Å². The van der Waals surface area contributed by atoms with E-state index in [-0.39, 0.29) is 11.9 Å². The average Bonchev–Trinajstić information content (AvgIpc) is 2.69. The number of ether oxygens (including phenoxy) is 3. The first-order valence-electron chi connectivity index (χ1n) is 10.8. The molecule has 0 atom stereocenters. The van der Waals surface area contributed by atoms with Crippen LogP contribution in [0.2, 0.25) is 0 Å². The normalized spacial score (nSPS) is 11.0. The van der Waals surface area contributed by atoms with Crippen molar-refractivity contribution in [2.24, 2.45) is 0 Å². The number of carbonyl (C=O) groups is 2. The van der Waals surface area contributed by atoms with Crippen LogP contribution in [0.5, 0.6) is 0 Å². The summed E-state index contributed by atoms with van der Waals surface area (Å²) in [6.07, 6.45) is 17.7. The van der Waals surface area contributed by atoms with Crippen LogP contribution in [0.15, 0.2) is 0 Å². The average molecular weight is 387 g/mol. The maximum Gasteiger partial charge on any atom is 0.305 e. The van der Waals surface area contributed by atoms with Gasteiger partial charge < -0.3 is 14.2 Å². The molecule has 5 nitrogen and oxygen atoms in total. The summed E-state index contributed by atoms with van der Waals surface area (Å²) in [5.74, 6) is -0.196. The Bertz CT molecular complexity index is 325. The van der Waals surface area contributed by atoms with E-state index in [0.29, 0.717) is 18.9 Å². The van der Waals surface area contributed by atoms with E-state index >= 15 is 0 Å². The Morgan fingerprint density at radius 3 is 1.22 bits per heavy atom. The highest BCUT2D eigenvalue weighted by Gasteiger charge is 2.07. The number of unbranched alkanes of at least 4 members (excludes halogenated alkanes) is 10. The summed E-state index contributed by atoms with van der Waals surface area (Å²) in [5, 5.41) is 0. The van der Waals surface area contributed by atoms with E-state index in [4.69, 9.17) is 4.74 Å². The van der Waals surface area contributed by atoms with Crippen molar-refractivity contribution in [3.05, 3.63) is 0 Å². The Morgan fingerprint density at radius 1 is 0.556 bits per heavy atom. The minimum Gasteiger partial charge on any atom is -0.469 e. The fourth-order valence-corrected chi connectivity index (χ4v) is 3.28. The Morgan fingerprint density at radius 2 is 0.889 bits per heavy atom. The highest BCUT2D eigenvalue weighted by molar-refractivity contribution is 5.69. The molecule has 0 saturated carbocycles. The molecule has 5 heteroatoms. The number of methoxy groups -OCH3 is 3. The summed E-state index contributed by atoms with van der Waals surface area (Å²) in [5.41, 5.74) is 0. The fourth-order valence-electron chi connectivity index (χ4n) is 3.28. The first-order chi connectivity index (χ1) is 13.1. The van der Waals surface area contributed by atoms with Crippen LogP contribution >= 0.6 is 0 Å². The molecule has 160 valence electrons. The van der Waals surface area contributed by atoms with Gasteiger partial charge in [-0.1, -0.05) is 64.2 Å². The lowest BCUT2D eigenvalue weighted by atomic mass is 10.0. The zero-order valence-corrected chi connectivity index (χ0v) is 17.9. The molecule has 0 amide bonds. The van der Waals surface area contributed by atoms with Gasteiger partial charge in [0.15, 0.2) is 0 Å². The van der Waals surface area contributed by atoms with Crippen molar-refractivity contribution < 1.29 is 23.8 Å². The van der Waals surface area contributed by atoms with Gasteiger partial charge >= 0.3 is 11.9 Å². The van der Waals surface area contributed by atoms with Crippen molar-refractivity contribution >= 4 is 11.9 Å². The van der Waals surface area contributed by atoms with Crippen LogP contribution in [0.4, 0.5) is 0 Å². The zero-order chi connectivity index (χ0) is 20.2. The summed E-state index contributed by atoms with van der Waals surface area (Å²) >= 11 is 0. The molecule has 0 spiro atoms. The second kappa shape index (κ2) is 19.7. The number of hydrogen-bond donors (Lipinski definition) is 0. The largest absolute Gasteiger partial charge is 0.469 e. The van der Waals surface area contributed by atoms with Gasteiger partial charge in [0.2, 0.25) is 0 Å². The predicted molar refractivity (Wildman–Crippen MR) is 109 cm³/mol. The van der Waals surface area contributed by atoms with Gasteiger partial charge in [0.05, 0.1) is 20.3 Å². The Kier molecular flexibility index (Phi) is 18.9. The monoisotopic (exact) mass is 386 g/mol. The number of rotatable bonds is 19. The summed E-state index contributed by atoms with van der Waals surface area (Å²) < 4.78 is 14.9. The number of carbonyl (C=O) groups excluding carboxylic acids is 2. The van der Waals surface area contributed by atoms with Gasteiger partial charge in [0.25, 0.3) is 0 Å². The van der Waals surface area contributed by atoms with Crippen molar-refractivity contribution in [3.63, 3.8) is 0 Å². The molecule has 0 aliphatic carbocycles. The predicted octanol–water partition coefficient (Wildman–Crippen LogP) is 5.59. The van der Waals surface area contributed by atoms with E-state index in [2.05, 4.69) is 9.47 Å². The van der Waals surface area contributed by atoms with E-state index in [9.17, 15) is 9.59 Å². The molecule has 0 fully saturated rings. The highest BCUT2D eigenvalue weighted by atomic mass is 16.5. The van der Waals surface area contributed by atoms with E-state index in [0.717, 1.165) is 38.5 Å². The van der Waals surface area contributed by atoms with Gasteiger partial charge in [-0.2, -0.15) is 0 Å². The topological polar surface area (TPSA) is 61.8 Å². The first-order valence-corrected chi connectivity index (χ1v) is 10.8. The molecule has 0 aliphatic heterocycles. The van der Waals surface area contributed by atoms with E-state index in [1.807, 2.05) is 7.11 Å². The molecule has 0 aromatic rings. The van der Waals surface area contributed by atoms with Crippen LogP contribution in [-0.2, 0) is 23.8 Å². The number of hydrogen-bond acceptors (Lipinski definition) is 5. The smallest absolute Gasteiger partial charge is 0.305 e. The molecule has 0 rings (SSSR count). The molecular weight excluding hydrogens is 344 g/mol. The summed E-state index contributed by atoms with van der Waals surface area (Å²) in [4.78, 5) is 22.0. The van der Waals surface area contributed by atoms with Gasteiger partial charge in [-0.15, -0.1) is 0 Å². The molecule has 0 unspecified atom stereocenters. The van der Waals surface area contributed by atoms with E-state index < -0.39 is 0 Å². The lowest BCUT2D eigenvalue weighted by Crippen LogP contribution is -2.10. The molecule has 0 N–H and O–H groups in total. The molecule has 0 saturated heterocycles. The third-order valence-electron chi connectivity index (χ3n) is 5.10. The van der Waals surface area contributed by atoms with Crippen LogP contribution in [0.1, 0.15) is 103 Å². The van der Waals surface area contributed by atoms with Crippen LogP contribution < -0.4 is 0 Å².